The summed E-state index contributed by atoms with van der Waals surface area (Å²) in [5, 5.41) is 9.69. The van der Waals surface area contributed by atoms with Crippen molar-refractivity contribution < 1.29 is 14.3 Å². The van der Waals surface area contributed by atoms with Gasteiger partial charge in [-0.1, -0.05) is 0 Å². The number of primary amides is 1. The third kappa shape index (κ3) is 3.20. The summed E-state index contributed by atoms with van der Waals surface area (Å²) < 4.78 is 13.5. The number of carbonyl (C=O) groups is 1. The van der Waals surface area contributed by atoms with Gasteiger partial charge in [-0.15, -0.1) is 0 Å². The fourth-order valence-corrected chi connectivity index (χ4v) is 1.85. The van der Waals surface area contributed by atoms with E-state index in [0.717, 1.165) is 0 Å². The lowest BCUT2D eigenvalue weighted by Crippen LogP contribution is -2.34. The number of nitrogens with zero attached hydrogens (tertiary/aromatic N) is 1. The number of aryl methyl sites for hydroxylation is 1. The lowest BCUT2D eigenvalue weighted by molar-refractivity contribution is -0.116. The van der Waals surface area contributed by atoms with Crippen LogP contribution in [0, 0.1) is 12.7 Å². The van der Waals surface area contributed by atoms with Gasteiger partial charge < -0.3 is 15.7 Å². The van der Waals surface area contributed by atoms with E-state index in [0.29, 0.717) is 23.4 Å². The molecule has 0 saturated carbocycles. The number of benzene rings is 1. The van der Waals surface area contributed by atoms with Crippen LogP contribution in [0.2, 0.25) is 0 Å². The molecule has 0 radical (unpaired) electrons. The second-order valence-corrected chi connectivity index (χ2v) is 4.32. The van der Waals surface area contributed by atoms with Crippen molar-refractivity contribution in [3.8, 4) is 0 Å². The Labute approximate surface area is 106 Å². The van der Waals surface area contributed by atoms with E-state index >= 15 is 0 Å². The van der Waals surface area contributed by atoms with E-state index in [4.69, 9.17) is 5.73 Å². The van der Waals surface area contributed by atoms with Crippen LogP contribution in [-0.4, -0.2) is 24.1 Å². The third-order valence-corrected chi connectivity index (χ3v) is 2.83. The van der Waals surface area contributed by atoms with Crippen LogP contribution in [0.15, 0.2) is 12.1 Å². The van der Waals surface area contributed by atoms with Crippen LogP contribution in [0.5, 0.6) is 0 Å². The number of carbonyl (C=O) groups excluding carboxylic acids is 1. The van der Waals surface area contributed by atoms with Crippen LogP contribution in [0.1, 0.15) is 31.1 Å². The lowest BCUT2D eigenvalue weighted by atomic mass is 10.0. The van der Waals surface area contributed by atoms with E-state index in [2.05, 4.69) is 0 Å². The lowest BCUT2D eigenvalue weighted by Gasteiger charge is -2.26. The highest BCUT2D eigenvalue weighted by molar-refractivity contribution is 5.80. The van der Waals surface area contributed by atoms with Crippen molar-refractivity contribution >= 4 is 11.6 Å². The molecule has 18 heavy (non-hydrogen) atoms. The van der Waals surface area contributed by atoms with Crippen molar-refractivity contribution in [2.75, 3.05) is 18.0 Å². The number of nitrogens with two attached hydrogens (primary N) is 1. The molecular formula is C13H19FN2O2. The number of aliphatic hydroxyl groups is 1. The predicted octanol–water partition coefficient (Wildman–Crippen LogP) is 1.50. The Hall–Kier alpha value is -1.62. The average Bonchev–Trinajstić information content (AvgIpc) is 2.28. The average molecular weight is 254 g/mol. The first-order valence-corrected chi connectivity index (χ1v) is 5.88. The highest BCUT2D eigenvalue weighted by Gasteiger charge is 2.17. The van der Waals surface area contributed by atoms with Gasteiger partial charge in [0.15, 0.2) is 0 Å². The summed E-state index contributed by atoms with van der Waals surface area (Å²) in [6, 6.07) is 2.93. The minimum Gasteiger partial charge on any atom is -0.389 e. The molecule has 1 aromatic rings. The van der Waals surface area contributed by atoms with E-state index in [1.807, 2.05) is 6.92 Å². The van der Waals surface area contributed by atoms with Crippen molar-refractivity contribution in [2.24, 2.45) is 5.73 Å². The Morgan fingerprint density at radius 2 is 2.17 bits per heavy atom. The Kier molecular flexibility index (Phi) is 4.67. The van der Waals surface area contributed by atoms with Crippen LogP contribution in [0.4, 0.5) is 10.1 Å². The number of hydrogen-bond acceptors (Lipinski definition) is 3. The maximum Gasteiger partial charge on any atom is 0.236 e. The fourth-order valence-electron chi connectivity index (χ4n) is 1.85. The zero-order valence-electron chi connectivity index (χ0n) is 10.9. The molecule has 0 aliphatic rings. The van der Waals surface area contributed by atoms with Crippen molar-refractivity contribution in [1.82, 2.24) is 0 Å². The molecule has 0 unspecified atom stereocenters. The second kappa shape index (κ2) is 5.82. The topological polar surface area (TPSA) is 66.6 Å². The number of halogens is 1. The molecule has 0 aliphatic carbocycles. The SMILES string of the molecule is CCN(CC(N)=O)c1cc(C)c(F)cc1[C@@H](C)O. The molecule has 5 heteroatoms. The van der Waals surface area contributed by atoms with Gasteiger partial charge in [-0.25, -0.2) is 4.39 Å². The Morgan fingerprint density at radius 1 is 1.56 bits per heavy atom. The number of hydrogen-bond donors (Lipinski definition) is 2. The molecule has 0 fully saturated rings. The molecule has 0 heterocycles. The largest absolute Gasteiger partial charge is 0.389 e. The fraction of sp³-hybridized carbons (Fsp3) is 0.462. The predicted molar refractivity (Wildman–Crippen MR) is 68.9 cm³/mol. The molecule has 0 spiro atoms. The Bertz CT molecular complexity index is 447. The molecular weight excluding hydrogens is 235 g/mol. The summed E-state index contributed by atoms with van der Waals surface area (Å²) in [5.74, 6) is -0.833. The number of anilines is 1. The third-order valence-electron chi connectivity index (χ3n) is 2.83. The second-order valence-electron chi connectivity index (χ2n) is 4.32. The van der Waals surface area contributed by atoms with Gasteiger partial charge in [-0.3, -0.25) is 4.79 Å². The first-order valence-electron chi connectivity index (χ1n) is 5.88. The quantitative estimate of drug-likeness (QED) is 0.836. The number of amides is 1. The molecule has 0 aliphatic heterocycles. The zero-order chi connectivity index (χ0) is 13.9. The van der Waals surface area contributed by atoms with Gasteiger partial charge in [-0.05, 0) is 38.5 Å². The summed E-state index contributed by atoms with van der Waals surface area (Å²) in [7, 11) is 0. The molecule has 0 saturated heterocycles. The van der Waals surface area contributed by atoms with E-state index in [9.17, 15) is 14.3 Å². The van der Waals surface area contributed by atoms with Gasteiger partial charge in [0.1, 0.15) is 5.82 Å². The summed E-state index contributed by atoms with van der Waals surface area (Å²) in [4.78, 5) is 12.7. The van der Waals surface area contributed by atoms with Gasteiger partial charge in [0.25, 0.3) is 0 Å². The smallest absolute Gasteiger partial charge is 0.236 e. The van der Waals surface area contributed by atoms with Crippen LogP contribution in [-0.2, 0) is 4.79 Å². The molecule has 4 nitrogen and oxygen atoms in total. The van der Waals surface area contributed by atoms with E-state index in [1.54, 1.807) is 24.8 Å². The van der Waals surface area contributed by atoms with Crippen LogP contribution >= 0.6 is 0 Å². The van der Waals surface area contributed by atoms with E-state index < -0.39 is 12.0 Å². The number of aliphatic hydroxyl groups excluding tert-OH is 1. The van der Waals surface area contributed by atoms with Crippen LogP contribution < -0.4 is 10.6 Å². The van der Waals surface area contributed by atoms with Gasteiger partial charge in [0, 0.05) is 17.8 Å². The van der Waals surface area contributed by atoms with Crippen LogP contribution in [0.25, 0.3) is 0 Å². The zero-order valence-corrected chi connectivity index (χ0v) is 10.9. The van der Waals surface area contributed by atoms with Crippen molar-refractivity contribution in [3.63, 3.8) is 0 Å². The first-order chi connectivity index (χ1) is 8.36. The van der Waals surface area contributed by atoms with Crippen LogP contribution in [0.3, 0.4) is 0 Å². The maximum atomic E-state index is 13.5. The van der Waals surface area contributed by atoms with Gasteiger partial charge in [-0.2, -0.15) is 0 Å². The monoisotopic (exact) mass is 254 g/mol. The van der Waals surface area contributed by atoms with E-state index in [1.165, 1.54) is 6.07 Å². The molecule has 0 aromatic heterocycles. The van der Waals surface area contributed by atoms with Crippen molar-refractivity contribution in [3.05, 3.63) is 29.1 Å². The number of rotatable bonds is 5. The first kappa shape index (κ1) is 14.4. The highest BCUT2D eigenvalue weighted by Crippen LogP contribution is 2.29. The number of likely N-dealkylation sites (N-methyl/N-ethyl adjacent to an activating group) is 1. The normalized spacial score (nSPS) is 12.3. The molecule has 1 atom stereocenters. The summed E-state index contributed by atoms with van der Waals surface area (Å²) in [5.41, 5.74) is 6.76. The summed E-state index contributed by atoms with van der Waals surface area (Å²) in [6.45, 7) is 5.66. The van der Waals surface area contributed by atoms with Crippen molar-refractivity contribution in [1.29, 1.82) is 0 Å². The molecule has 100 valence electrons. The Balaban J connectivity index is 3.26. The molecule has 1 amide bonds. The highest BCUT2D eigenvalue weighted by atomic mass is 19.1. The van der Waals surface area contributed by atoms with Gasteiger partial charge >= 0.3 is 0 Å². The molecule has 3 N–H and O–H groups in total. The Morgan fingerprint density at radius 3 is 2.61 bits per heavy atom. The molecule has 0 bridgehead atoms. The van der Waals surface area contributed by atoms with Gasteiger partial charge in [0.2, 0.25) is 5.91 Å². The standard InChI is InChI=1S/C13H19FN2O2/c1-4-16(7-13(15)18)12-5-8(2)11(14)6-10(12)9(3)17/h5-6,9,17H,4,7H2,1-3H3,(H2,15,18)/t9-/m1/s1. The van der Waals surface area contributed by atoms with Gasteiger partial charge in [0.05, 0.1) is 12.6 Å². The van der Waals surface area contributed by atoms with Crippen molar-refractivity contribution in [2.45, 2.75) is 26.9 Å². The van der Waals surface area contributed by atoms with E-state index in [-0.39, 0.29) is 12.4 Å². The minimum atomic E-state index is -0.808. The molecule has 1 rings (SSSR count). The minimum absolute atomic E-state index is 0.0429. The summed E-state index contributed by atoms with van der Waals surface area (Å²) >= 11 is 0. The molecule has 1 aromatic carbocycles. The maximum absolute atomic E-state index is 13.5. The summed E-state index contributed by atoms with van der Waals surface area (Å²) in [6.07, 6.45) is -0.808.